The summed E-state index contributed by atoms with van der Waals surface area (Å²) in [4.78, 5) is 12.4. The number of aromatic nitrogens is 2. The molecule has 2 aliphatic carbocycles. The van der Waals surface area contributed by atoms with Crippen LogP contribution in [0, 0.1) is 5.92 Å². The van der Waals surface area contributed by atoms with Crippen molar-refractivity contribution < 1.29 is 9.90 Å². The molecule has 5 nitrogen and oxygen atoms in total. The highest BCUT2D eigenvalue weighted by Crippen LogP contribution is 2.39. The highest BCUT2D eigenvalue weighted by molar-refractivity contribution is 5.94. The average molecular weight is 263 g/mol. The second kappa shape index (κ2) is 4.63. The molecule has 3 N–H and O–H groups in total. The van der Waals surface area contributed by atoms with Crippen molar-refractivity contribution in [3.8, 4) is 0 Å². The summed E-state index contributed by atoms with van der Waals surface area (Å²) in [6.07, 6.45) is 6.34. The second-order valence-corrected chi connectivity index (χ2v) is 6.04. The molecule has 5 heteroatoms. The monoisotopic (exact) mass is 263 g/mol. The minimum atomic E-state index is -0.502. The van der Waals surface area contributed by atoms with E-state index in [1.807, 2.05) is 6.92 Å². The molecule has 3 rings (SSSR count). The van der Waals surface area contributed by atoms with E-state index in [1.165, 1.54) is 0 Å². The van der Waals surface area contributed by atoms with E-state index in [9.17, 15) is 9.90 Å². The zero-order valence-electron chi connectivity index (χ0n) is 11.3. The van der Waals surface area contributed by atoms with Crippen LogP contribution in [0.3, 0.4) is 0 Å². The summed E-state index contributed by atoms with van der Waals surface area (Å²) in [5.41, 5.74) is 2.20. The van der Waals surface area contributed by atoms with Crippen molar-refractivity contribution in [1.82, 2.24) is 15.5 Å². The molecule has 1 heterocycles. The highest BCUT2D eigenvalue weighted by atomic mass is 16.3. The number of carbonyl (C=O) groups is 1. The summed E-state index contributed by atoms with van der Waals surface area (Å²) >= 11 is 0. The molecular weight excluding hydrogens is 242 g/mol. The van der Waals surface area contributed by atoms with Gasteiger partial charge in [-0.2, -0.15) is 5.10 Å². The van der Waals surface area contributed by atoms with Gasteiger partial charge in [-0.15, -0.1) is 0 Å². The molecule has 1 unspecified atom stereocenters. The molecule has 0 aromatic carbocycles. The SMILES string of the molecule is CC(CO)(NC(=O)c1n[nH]c2c1CCCC2)C1CC1. The van der Waals surface area contributed by atoms with Crippen LogP contribution in [0.25, 0.3) is 0 Å². The van der Waals surface area contributed by atoms with Gasteiger partial charge in [-0.05, 0) is 51.4 Å². The largest absolute Gasteiger partial charge is 0.394 e. The Morgan fingerprint density at radius 2 is 2.21 bits per heavy atom. The Balaban J connectivity index is 1.78. The summed E-state index contributed by atoms with van der Waals surface area (Å²) in [6.45, 7) is 1.90. The third-order valence-corrected chi connectivity index (χ3v) is 4.48. The van der Waals surface area contributed by atoms with E-state index in [0.29, 0.717) is 11.6 Å². The number of rotatable bonds is 4. The number of hydrogen-bond acceptors (Lipinski definition) is 3. The van der Waals surface area contributed by atoms with Gasteiger partial charge >= 0.3 is 0 Å². The molecular formula is C14H21N3O2. The van der Waals surface area contributed by atoms with Gasteiger partial charge in [0.1, 0.15) is 0 Å². The maximum absolute atomic E-state index is 12.4. The molecule has 1 fully saturated rings. The number of aromatic amines is 1. The molecule has 1 saturated carbocycles. The van der Waals surface area contributed by atoms with E-state index in [2.05, 4.69) is 15.5 Å². The van der Waals surface area contributed by atoms with Crippen LogP contribution in [0.15, 0.2) is 0 Å². The zero-order valence-corrected chi connectivity index (χ0v) is 11.3. The summed E-state index contributed by atoms with van der Waals surface area (Å²) in [7, 11) is 0. The minimum Gasteiger partial charge on any atom is -0.394 e. The van der Waals surface area contributed by atoms with Crippen molar-refractivity contribution in [2.75, 3.05) is 6.61 Å². The predicted molar refractivity (Wildman–Crippen MR) is 70.9 cm³/mol. The van der Waals surface area contributed by atoms with Crippen molar-refractivity contribution >= 4 is 5.91 Å². The van der Waals surface area contributed by atoms with E-state index in [-0.39, 0.29) is 12.5 Å². The zero-order chi connectivity index (χ0) is 13.5. The summed E-state index contributed by atoms with van der Waals surface area (Å²) in [5, 5.41) is 19.7. The number of aliphatic hydroxyl groups excluding tert-OH is 1. The fraction of sp³-hybridized carbons (Fsp3) is 0.714. The lowest BCUT2D eigenvalue weighted by Crippen LogP contribution is -2.51. The Hall–Kier alpha value is -1.36. The van der Waals surface area contributed by atoms with E-state index < -0.39 is 5.54 Å². The van der Waals surface area contributed by atoms with Crippen molar-refractivity contribution in [1.29, 1.82) is 0 Å². The normalized spacial score (nSPS) is 21.6. The van der Waals surface area contributed by atoms with Crippen LogP contribution in [-0.2, 0) is 12.8 Å². The second-order valence-electron chi connectivity index (χ2n) is 6.04. The van der Waals surface area contributed by atoms with Gasteiger partial charge in [0.15, 0.2) is 5.69 Å². The predicted octanol–water partition coefficient (Wildman–Crippen LogP) is 1.18. The average Bonchev–Trinajstić information content (AvgIpc) is 3.19. The first kappa shape index (κ1) is 12.7. The molecule has 104 valence electrons. The molecule has 1 aromatic rings. The van der Waals surface area contributed by atoms with Gasteiger partial charge in [0.05, 0.1) is 12.1 Å². The highest BCUT2D eigenvalue weighted by Gasteiger charge is 2.42. The van der Waals surface area contributed by atoms with Crippen molar-refractivity contribution in [3.05, 3.63) is 17.0 Å². The van der Waals surface area contributed by atoms with Gasteiger partial charge in [0, 0.05) is 11.3 Å². The number of hydrogen-bond donors (Lipinski definition) is 3. The van der Waals surface area contributed by atoms with E-state index in [4.69, 9.17) is 0 Å². The molecule has 0 bridgehead atoms. The molecule has 2 aliphatic rings. The smallest absolute Gasteiger partial charge is 0.272 e. The van der Waals surface area contributed by atoms with Gasteiger partial charge in [0.2, 0.25) is 0 Å². The topological polar surface area (TPSA) is 78.0 Å². The Morgan fingerprint density at radius 3 is 2.89 bits per heavy atom. The number of nitrogens with one attached hydrogen (secondary N) is 2. The Labute approximate surface area is 112 Å². The van der Waals surface area contributed by atoms with E-state index in [0.717, 1.165) is 49.8 Å². The minimum absolute atomic E-state index is 0.0178. The van der Waals surface area contributed by atoms with Crippen LogP contribution in [-0.4, -0.2) is 33.4 Å². The molecule has 1 aromatic heterocycles. The third kappa shape index (κ3) is 2.27. The van der Waals surface area contributed by atoms with Crippen LogP contribution < -0.4 is 5.32 Å². The van der Waals surface area contributed by atoms with Crippen molar-refractivity contribution in [2.24, 2.45) is 5.92 Å². The maximum atomic E-state index is 12.4. The summed E-state index contributed by atoms with van der Waals surface area (Å²) in [6, 6.07) is 0. The van der Waals surface area contributed by atoms with Crippen molar-refractivity contribution in [2.45, 2.75) is 51.0 Å². The van der Waals surface area contributed by atoms with Gasteiger partial charge < -0.3 is 10.4 Å². The molecule has 0 spiro atoms. The number of amides is 1. The van der Waals surface area contributed by atoms with Crippen LogP contribution in [0.1, 0.15) is 54.4 Å². The number of aryl methyl sites for hydroxylation is 1. The first-order valence-corrected chi connectivity index (χ1v) is 7.13. The molecule has 0 saturated heterocycles. The first-order chi connectivity index (χ1) is 9.14. The summed E-state index contributed by atoms with van der Waals surface area (Å²) < 4.78 is 0. The Morgan fingerprint density at radius 1 is 1.47 bits per heavy atom. The van der Waals surface area contributed by atoms with Crippen LogP contribution in [0.4, 0.5) is 0 Å². The fourth-order valence-corrected chi connectivity index (χ4v) is 2.98. The number of carbonyl (C=O) groups excluding carboxylic acids is 1. The Kier molecular flexibility index (Phi) is 3.09. The first-order valence-electron chi connectivity index (χ1n) is 7.13. The van der Waals surface area contributed by atoms with Gasteiger partial charge in [-0.25, -0.2) is 0 Å². The van der Waals surface area contributed by atoms with Gasteiger partial charge in [0.25, 0.3) is 5.91 Å². The van der Waals surface area contributed by atoms with Crippen LogP contribution >= 0.6 is 0 Å². The van der Waals surface area contributed by atoms with Crippen LogP contribution in [0.2, 0.25) is 0 Å². The van der Waals surface area contributed by atoms with Crippen molar-refractivity contribution in [3.63, 3.8) is 0 Å². The van der Waals surface area contributed by atoms with E-state index in [1.54, 1.807) is 0 Å². The molecule has 0 aliphatic heterocycles. The lowest BCUT2D eigenvalue weighted by molar-refractivity contribution is 0.0818. The van der Waals surface area contributed by atoms with Crippen LogP contribution in [0.5, 0.6) is 0 Å². The Bertz CT molecular complexity index is 493. The molecule has 19 heavy (non-hydrogen) atoms. The lowest BCUT2D eigenvalue weighted by Gasteiger charge is -2.28. The number of H-pyrrole nitrogens is 1. The maximum Gasteiger partial charge on any atom is 0.272 e. The quantitative estimate of drug-likeness (QED) is 0.763. The number of nitrogens with zero attached hydrogens (tertiary/aromatic N) is 1. The fourth-order valence-electron chi connectivity index (χ4n) is 2.98. The third-order valence-electron chi connectivity index (χ3n) is 4.48. The van der Waals surface area contributed by atoms with E-state index >= 15 is 0 Å². The molecule has 0 radical (unpaired) electrons. The van der Waals surface area contributed by atoms with Gasteiger partial charge in [-0.1, -0.05) is 0 Å². The van der Waals surface area contributed by atoms with Gasteiger partial charge in [-0.3, -0.25) is 9.89 Å². The lowest BCUT2D eigenvalue weighted by atomic mass is 9.94. The number of aliphatic hydroxyl groups is 1. The summed E-state index contributed by atoms with van der Waals surface area (Å²) in [5.74, 6) is 0.249. The standard InChI is InChI=1S/C14H21N3O2/c1-14(8-18,9-6-7-9)15-13(19)12-10-4-2-3-5-11(10)16-17-12/h9,18H,2-8H2,1H3,(H,15,19)(H,16,17). The molecule has 1 atom stereocenters. The number of fused-ring (bicyclic) bond motifs is 1. The molecule has 1 amide bonds.